The van der Waals surface area contributed by atoms with Gasteiger partial charge in [0.2, 0.25) is 17.7 Å². The number of piperidine rings is 1. The summed E-state index contributed by atoms with van der Waals surface area (Å²) in [6.45, 7) is -0.293. The van der Waals surface area contributed by atoms with Crippen molar-refractivity contribution in [3.8, 4) is 0 Å². The molecule has 2 rings (SSSR count). The van der Waals surface area contributed by atoms with Gasteiger partial charge in [-0.15, -0.1) is 0 Å². The first-order valence-electron chi connectivity index (χ1n) is 6.15. The molecule has 1 aliphatic rings. The topological polar surface area (TPSA) is 92.5 Å². The lowest BCUT2D eigenvalue weighted by Crippen LogP contribution is -2.44. The van der Waals surface area contributed by atoms with Crippen LogP contribution in [0.4, 0.5) is 11.4 Å². The lowest BCUT2D eigenvalue weighted by Gasteiger charge is -2.24. The smallest absolute Gasteiger partial charge is 0.244 e. The fourth-order valence-corrected chi connectivity index (χ4v) is 2.18. The van der Waals surface area contributed by atoms with Crippen molar-refractivity contribution in [2.75, 3.05) is 17.6 Å². The minimum absolute atomic E-state index is 0.293. The molecule has 6 nitrogen and oxygen atoms in total. The molecule has 7 heteroatoms. The fourth-order valence-electron chi connectivity index (χ4n) is 1.94. The van der Waals surface area contributed by atoms with Crippen LogP contribution in [0.3, 0.4) is 0 Å². The zero-order chi connectivity index (χ0) is 14.7. The summed E-state index contributed by atoms with van der Waals surface area (Å²) in [4.78, 5) is 36.0. The summed E-state index contributed by atoms with van der Waals surface area (Å²) < 4.78 is 0. The van der Waals surface area contributed by atoms with E-state index in [0.717, 1.165) is 4.90 Å². The summed E-state index contributed by atoms with van der Waals surface area (Å²) in [7, 11) is 0. The lowest BCUT2D eigenvalue weighted by atomic mass is 10.1. The number of halogens is 1. The Labute approximate surface area is 120 Å². The minimum atomic E-state index is -0.472. The Balaban J connectivity index is 2.01. The largest absolute Gasteiger partial charge is 0.399 e. The van der Waals surface area contributed by atoms with Gasteiger partial charge in [0.05, 0.1) is 10.7 Å². The second-order valence-electron chi connectivity index (χ2n) is 4.51. The number of imide groups is 1. The predicted octanol–water partition coefficient (Wildman–Crippen LogP) is 1.40. The molecule has 0 spiro atoms. The van der Waals surface area contributed by atoms with E-state index in [0.29, 0.717) is 35.7 Å². The van der Waals surface area contributed by atoms with Gasteiger partial charge in [0, 0.05) is 18.5 Å². The summed E-state index contributed by atoms with van der Waals surface area (Å²) in [5, 5.41) is 2.85. The molecule has 1 aliphatic heterocycles. The zero-order valence-corrected chi connectivity index (χ0v) is 11.4. The highest BCUT2D eigenvalue weighted by Crippen LogP contribution is 2.24. The van der Waals surface area contributed by atoms with E-state index in [1.54, 1.807) is 12.1 Å². The van der Waals surface area contributed by atoms with Crippen LogP contribution in [0.5, 0.6) is 0 Å². The molecular weight excluding hydrogens is 282 g/mol. The van der Waals surface area contributed by atoms with E-state index in [1.165, 1.54) is 6.07 Å². The van der Waals surface area contributed by atoms with Gasteiger partial charge in [-0.3, -0.25) is 19.3 Å². The van der Waals surface area contributed by atoms with E-state index in [9.17, 15) is 14.4 Å². The number of likely N-dealkylation sites (tertiary alicyclic amines) is 1. The molecule has 20 heavy (non-hydrogen) atoms. The third kappa shape index (κ3) is 3.27. The van der Waals surface area contributed by atoms with E-state index in [4.69, 9.17) is 17.3 Å². The summed E-state index contributed by atoms with van der Waals surface area (Å²) in [5.74, 6) is -1.11. The molecule has 0 unspecified atom stereocenters. The maximum absolute atomic E-state index is 11.9. The first-order valence-corrected chi connectivity index (χ1v) is 6.53. The van der Waals surface area contributed by atoms with Crippen LogP contribution in [-0.4, -0.2) is 29.2 Å². The Morgan fingerprint density at radius 1 is 1.30 bits per heavy atom. The summed E-state index contributed by atoms with van der Waals surface area (Å²) in [6, 6.07) is 4.67. The number of hydrogen-bond acceptors (Lipinski definition) is 4. The standard InChI is InChI=1S/C13H14ClN3O3/c14-9-6-8(15)4-5-10(9)16-11(18)7-17-12(19)2-1-3-13(17)20/h4-6H,1-3,7,15H2,(H,16,18). The van der Waals surface area contributed by atoms with E-state index < -0.39 is 5.91 Å². The van der Waals surface area contributed by atoms with Gasteiger partial charge < -0.3 is 11.1 Å². The molecule has 1 saturated heterocycles. The molecule has 0 radical (unpaired) electrons. The number of carbonyl (C=O) groups is 3. The maximum Gasteiger partial charge on any atom is 0.244 e. The summed E-state index contributed by atoms with van der Waals surface area (Å²) in [6.07, 6.45) is 1.13. The summed E-state index contributed by atoms with van der Waals surface area (Å²) in [5.41, 5.74) is 6.42. The number of amides is 3. The molecule has 1 fully saturated rings. The Kier molecular flexibility index (Phi) is 4.24. The van der Waals surface area contributed by atoms with Crippen LogP contribution in [-0.2, 0) is 14.4 Å². The minimum Gasteiger partial charge on any atom is -0.399 e. The quantitative estimate of drug-likeness (QED) is 0.651. The summed E-state index contributed by atoms with van der Waals surface area (Å²) >= 11 is 5.93. The van der Waals surface area contributed by atoms with Crippen molar-refractivity contribution in [1.29, 1.82) is 0 Å². The van der Waals surface area contributed by atoms with Gasteiger partial charge in [-0.1, -0.05) is 11.6 Å². The molecule has 1 heterocycles. The molecule has 0 aromatic heterocycles. The van der Waals surface area contributed by atoms with Gasteiger partial charge >= 0.3 is 0 Å². The lowest BCUT2D eigenvalue weighted by molar-refractivity contribution is -0.150. The third-order valence-corrected chi connectivity index (χ3v) is 3.27. The van der Waals surface area contributed by atoms with Crippen molar-refractivity contribution in [2.45, 2.75) is 19.3 Å². The van der Waals surface area contributed by atoms with E-state index in [2.05, 4.69) is 5.32 Å². The normalized spacial score (nSPS) is 15.3. The number of nitrogens with zero attached hydrogens (tertiary/aromatic N) is 1. The maximum atomic E-state index is 11.9. The molecule has 3 N–H and O–H groups in total. The first-order chi connectivity index (χ1) is 9.47. The zero-order valence-electron chi connectivity index (χ0n) is 10.7. The average molecular weight is 296 g/mol. The average Bonchev–Trinajstić information content (AvgIpc) is 2.37. The molecular formula is C13H14ClN3O3. The van der Waals surface area contributed by atoms with Crippen LogP contribution in [0, 0.1) is 0 Å². The number of hydrogen-bond donors (Lipinski definition) is 2. The molecule has 0 atom stereocenters. The van der Waals surface area contributed by atoms with Gasteiger partial charge in [0.25, 0.3) is 0 Å². The second-order valence-corrected chi connectivity index (χ2v) is 4.92. The fraction of sp³-hybridized carbons (Fsp3) is 0.308. The molecule has 0 bridgehead atoms. The molecule has 0 aliphatic carbocycles. The highest BCUT2D eigenvalue weighted by molar-refractivity contribution is 6.34. The second kappa shape index (κ2) is 5.92. The highest BCUT2D eigenvalue weighted by atomic mass is 35.5. The predicted molar refractivity (Wildman–Crippen MR) is 75.1 cm³/mol. The number of anilines is 2. The van der Waals surface area contributed by atoms with Crippen LogP contribution in [0.25, 0.3) is 0 Å². The van der Waals surface area contributed by atoms with E-state index in [-0.39, 0.29) is 18.4 Å². The van der Waals surface area contributed by atoms with Crippen LogP contribution in [0.1, 0.15) is 19.3 Å². The van der Waals surface area contributed by atoms with Gasteiger partial charge in [0.1, 0.15) is 6.54 Å². The van der Waals surface area contributed by atoms with Crippen molar-refractivity contribution in [3.63, 3.8) is 0 Å². The molecule has 1 aromatic carbocycles. The number of rotatable bonds is 3. The number of benzene rings is 1. The molecule has 3 amide bonds. The Bertz CT molecular complexity index is 558. The number of carbonyl (C=O) groups excluding carboxylic acids is 3. The Hall–Kier alpha value is -2.08. The molecule has 1 aromatic rings. The Morgan fingerprint density at radius 3 is 2.55 bits per heavy atom. The first kappa shape index (κ1) is 14.3. The van der Waals surface area contributed by atoms with Gasteiger partial charge in [0.15, 0.2) is 0 Å². The van der Waals surface area contributed by atoms with Crippen LogP contribution in [0.2, 0.25) is 5.02 Å². The van der Waals surface area contributed by atoms with Crippen molar-refractivity contribution in [2.24, 2.45) is 0 Å². The Morgan fingerprint density at radius 2 is 1.95 bits per heavy atom. The van der Waals surface area contributed by atoms with Crippen LogP contribution < -0.4 is 11.1 Å². The number of nitrogen functional groups attached to an aromatic ring is 1. The van der Waals surface area contributed by atoms with Gasteiger partial charge in [-0.05, 0) is 24.6 Å². The monoisotopic (exact) mass is 295 g/mol. The molecule has 106 valence electrons. The van der Waals surface area contributed by atoms with Gasteiger partial charge in [-0.25, -0.2) is 0 Å². The number of nitrogens with two attached hydrogens (primary N) is 1. The van der Waals surface area contributed by atoms with E-state index >= 15 is 0 Å². The van der Waals surface area contributed by atoms with Crippen LogP contribution in [0.15, 0.2) is 18.2 Å². The highest BCUT2D eigenvalue weighted by Gasteiger charge is 2.27. The van der Waals surface area contributed by atoms with Crippen molar-refractivity contribution in [3.05, 3.63) is 23.2 Å². The molecule has 0 saturated carbocycles. The van der Waals surface area contributed by atoms with Gasteiger partial charge in [-0.2, -0.15) is 0 Å². The van der Waals surface area contributed by atoms with Crippen LogP contribution >= 0.6 is 11.6 Å². The third-order valence-electron chi connectivity index (χ3n) is 2.95. The van der Waals surface area contributed by atoms with Crippen molar-refractivity contribution in [1.82, 2.24) is 4.90 Å². The number of nitrogens with one attached hydrogen (secondary N) is 1. The SMILES string of the molecule is Nc1ccc(NC(=O)CN2C(=O)CCCC2=O)c(Cl)c1. The van der Waals surface area contributed by atoms with Crippen molar-refractivity contribution >= 4 is 40.7 Å². The van der Waals surface area contributed by atoms with E-state index in [1.807, 2.05) is 0 Å². The van der Waals surface area contributed by atoms with Crippen molar-refractivity contribution < 1.29 is 14.4 Å².